The fourth-order valence-corrected chi connectivity index (χ4v) is 2.33. The van der Waals surface area contributed by atoms with E-state index in [4.69, 9.17) is 5.73 Å². The van der Waals surface area contributed by atoms with Crippen LogP contribution in [0.15, 0.2) is 54.6 Å². The van der Waals surface area contributed by atoms with Crippen LogP contribution in [0.2, 0.25) is 0 Å². The van der Waals surface area contributed by atoms with E-state index in [1.54, 1.807) is 24.3 Å². The lowest BCUT2D eigenvalue weighted by Crippen LogP contribution is -2.32. The van der Waals surface area contributed by atoms with Gasteiger partial charge in [-0.25, -0.2) is 4.79 Å². The van der Waals surface area contributed by atoms with Crippen molar-refractivity contribution in [1.29, 1.82) is 0 Å². The van der Waals surface area contributed by atoms with E-state index >= 15 is 0 Å². The van der Waals surface area contributed by atoms with Gasteiger partial charge in [0, 0.05) is 24.3 Å². The normalized spacial score (nSPS) is 10.1. The lowest BCUT2D eigenvalue weighted by atomic mass is 10.1. The van der Waals surface area contributed by atoms with Crippen LogP contribution in [-0.4, -0.2) is 29.9 Å². The first kappa shape index (κ1) is 16.5. The molecule has 0 aromatic heterocycles. The van der Waals surface area contributed by atoms with Crippen LogP contribution in [0.5, 0.6) is 0 Å². The molecule has 0 aliphatic rings. The standard InChI is InChI=1S/C18H21N3O2/c1-2-21(13-12-14-6-4-3-5-7-14)17(22)15-8-10-16(11-9-15)20-18(19)23/h3-11H,2,12-13H2,1H3,(H3,19,20,23). The fraction of sp³-hybridized carbons (Fsp3) is 0.222. The average Bonchev–Trinajstić information content (AvgIpc) is 2.56. The molecule has 0 heterocycles. The van der Waals surface area contributed by atoms with Gasteiger partial charge in [0.2, 0.25) is 0 Å². The first-order valence-electron chi connectivity index (χ1n) is 7.60. The molecular formula is C18H21N3O2. The third kappa shape index (κ3) is 4.85. The van der Waals surface area contributed by atoms with Gasteiger partial charge >= 0.3 is 6.03 Å². The molecule has 0 fully saturated rings. The highest BCUT2D eigenvalue weighted by atomic mass is 16.2. The molecule has 0 atom stereocenters. The summed E-state index contributed by atoms with van der Waals surface area (Å²) in [6, 6.07) is 16.2. The van der Waals surface area contributed by atoms with Gasteiger partial charge in [-0.15, -0.1) is 0 Å². The molecule has 0 unspecified atom stereocenters. The van der Waals surface area contributed by atoms with Crippen molar-refractivity contribution in [3.63, 3.8) is 0 Å². The van der Waals surface area contributed by atoms with Gasteiger partial charge < -0.3 is 16.0 Å². The smallest absolute Gasteiger partial charge is 0.316 e. The van der Waals surface area contributed by atoms with Crippen LogP contribution in [0, 0.1) is 0 Å². The molecule has 2 aromatic carbocycles. The van der Waals surface area contributed by atoms with Crippen molar-refractivity contribution in [3.05, 3.63) is 65.7 Å². The highest BCUT2D eigenvalue weighted by Gasteiger charge is 2.14. The van der Waals surface area contributed by atoms with Gasteiger partial charge in [0.05, 0.1) is 0 Å². The van der Waals surface area contributed by atoms with E-state index in [0.29, 0.717) is 24.3 Å². The molecule has 0 spiro atoms. The summed E-state index contributed by atoms with van der Waals surface area (Å²) in [7, 11) is 0. The minimum atomic E-state index is -0.623. The number of nitrogens with zero attached hydrogens (tertiary/aromatic N) is 1. The average molecular weight is 311 g/mol. The summed E-state index contributed by atoms with van der Waals surface area (Å²) < 4.78 is 0. The summed E-state index contributed by atoms with van der Waals surface area (Å²) in [5.41, 5.74) is 7.43. The number of hydrogen-bond acceptors (Lipinski definition) is 2. The number of benzene rings is 2. The van der Waals surface area contributed by atoms with E-state index in [2.05, 4.69) is 17.4 Å². The molecular weight excluding hydrogens is 290 g/mol. The summed E-state index contributed by atoms with van der Waals surface area (Å²) in [4.78, 5) is 25.2. The third-order valence-corrected chi connectivity index (χ3v) is 3.58. The largest absolute Gasteiger partial charge is 0.351 e. The lowest BCUT2D eigenvalue weighted by Gasteiger charge is -2.21. The highest BCUT2D eigenvalue weighted by Crippen LogP contribution is 2.12. The third-order valence-electron chi connectivity index (χ3n) is 3.58. The van der Waals surface area contributed by atoms with Gasteiger partial charge in [-0.05, 0) is 43.2 Å². The van der Waals surface area contributed by atoms with Gasteiger partial charge in [0.1, 0.15) is 0 Å². The van der Waals surface area contributed by atoms with Crippen LogP contribution in [0.1, 0.15) is 22.8 Å². The Morgan fingerprint density at radius 1 is 1.04 bits per heavy atom. The molecule has 23 heavy (non-hydrogen) atoms. The van der Waals surface area contributed by atoms with Crippen LogP contribution < -0.4 is 11.1 Å². The fourth-order valence-electron chi connectivity index (χ4n) is 2.33. The molecule has 120 valence electrons. The van der Waals surface area contributed by atoms with E-state index in [0.717, 1.165) is 6.42 Å². The van der Waals surface area contributed by atoms with Gasteiger partial charge in [0.25, 0.3) is 5.91 Å². The Bertz CT molecular complexity index is 654. The molecule has 0 saturated carbocycles. The van der Waals surface area contributed by atoms with Crippen molar-refractivity contribution in [2.24, 2.45) is 5.73 Å². The maximum Gasteiger partial charge on any atom is 0.316 e. The first-order chi connectivity index (χ1) is 11.1. The Morgan fingerprint density at radius 2 is 1.70 bits per heavy atom. The van der Waals surface area contributed by atoms with Crippen molar-refractivity contribution in [2.75, 3.05) is 18.4 Å². The highest BCUT2D eigenvalue weighted by molar-refractivity contribution is 5.95. The Labute approximate surface area is 136 Å². The van der Waals surface area contributed by atoms with E-state index in [-0.39, 0.29) is 5.91 Å². The van der Waals surface area contributed by atoms with Crippen molar-refractivity contribution in [1.82, 2.24) is 4.90 Å². The Balaban J connectivity index is 2.00. The number of primary amides is 1. The molecule has 0 aliphatic heterocycles. The van der Waals surface area contributed by atoms with Gasteiger partial charge in [0.15, 0.2) is 0 Å². The quantitative estimate of drug-likeness (QED) is 0.860. The lowest BCUT2D eigenvalue weighted by molar-refractivity contribution is 0.0766. The van der Waals surface area contributed by atoms with Crippen LogP contribution in [0.25, 0.3) is 0 Å². The zero-order valence-electron chi connectivity index (χ0n) is 13.2. The number of urea groups is 1. The van der Waals surface area contributed by atoms with E-state index in [1.165, 1.54) is 5.56 Å². The van der Waals surface area contributed by atoms with Gasteiger partial charge in [-0.2, -0.15) is 0 Å². The molecule has 0 aliphatic carbocycles. The second kappa shape index (κ2) is 7.98. The van der Waals surface area contributed by atoms with Crippen LogP contribution in [-0.2, 0) is 6.42 Å². The Kier molecular flexibility index (Phi) is 5.74. The molecule has 3 amide bonds. The number of rotatable bonds is 6. The molecule has 3 N–H and O–H groups in total. The Hall–Kier alpha value is -2.82. The summed E-state index contributed by atoms with van der Waals surface area (Å²) in [5.74, 6) is -0.0194. The topological polar surface area (TPSA) is 75.4 Å². The summed E-state index contributed by atoms with van der Waals surface area (Å²) in [6.45, 7) is 3.28. The SMILES string of the molecule is CCN(CCc1ccccc1)C(=O)c1ccc(NC(N)=O)cc1. The van der Waals surface area contributed by atoms with Crippen LogP contribution in [0.4, 0.5) is 10.5 Å². The molecule has 2 aromatic rings. The number of amides is 3. The molecule has 5 nitrogen and oxygen atoms in total. The summed E-state index contributed by atoms with van der Waals surface area (Å²) >= 11 is 0. The number of carbonyl (C=O) groups is 2. The summed E-state index contributed by atoms with van der Waals surface area (Å²) in [6.07, 6.45) is 0.821. The Morgan fingerprint density at radius 3 is 2.26 bits per heavy atom. The minimum absolute atomic E-state index is 0.0194. The van der Waals surface area contributed by atoms with Crippen LogP contribution in [0.3, 0.4) is 0 Å². The van der Waals surface area contributed by atoms with Gasteiger partial charge in [-0.1, -0.05) is 30.3 Å². The number of hydrogen-bond donors (Lipinski definition) is 2. The van der Waals surface area contributed by atoms with E-state index in [9.17, 15) is 9.59 Å². The van der Waals surface area contributed by atoms with E-state index in [1.807, 2.05) is 30.0 Å². The van der Waals surface area contributed by atoms with Crippen molar-refractivity contribution in [3.8, 4) is 0 Å². The number of carbonyl (C=O) groups excluding carboxylic acids is 2. The zero-order valence-corrected chi connectivity index (χ0v) is 13.2. The predicted molar refractivity (Wildman–Crippen MR) is 91.4 cm³/mol. The molecule has 5 heteroatoms. The molecule has 0 saturated heterocycles. The summed E-state index contributed by atoms with van der Waals surface area (Å²) in [5, 5.41) is 2.47. The second-order valence-electron chi connectivity index (χ2n) is 5.19. The van der Waals surface area contributed by atoms with Crippen molar-refractivity contribution in [2.45, 2.75) is 13.3 Å². The number of anilines is 1. The maximum absolute atomic E-state index is 12.5. The molecule has 0 radical (unpaired) electrons. The first-order valence-corrected chi connectivity index (χ1v) is 7.60. The predicted octanol–water partition coefficient (Wildman–Crippen LogP) is 2.88. The van der Waals surface area contributed by atoms with Crippen molar-refractivity contribution < 1.29 is 9.59 Å². The second-order valence-corrected chi connectivity index (χ2v) is 5.19. The van der Waals surface area contributed by atoms with Crippen molar-refractivity contribution >= 4 is 17.6 Å². The number of likely N-dealkylation sites (N-methyl/N-ethyl adjacent to an activating group) is 1. The minimum Gasteiger partial charge on any atom is -0.351 e. The zero-order chi connectivity index (χ0) is 16.7. The van der Waals surface area contributed by atoms with Gasteiger partial charge in [-0.3, -0.25) is 4.79 Å². The molecule has 0 bridgehead atoms. The molecule has 2 rings (SSSR count). The van der Waals surface area contributed by atoms with Crippen LogP contribution >= 0.6 is 0 Å². The maximum atomic E-state index is 12.5. The monoisotopic (exact) mass is 311 g/mol. The number of nitrogens with one attached hydrogen (secondary N) is 1. The van der Waals surface area contributed by atoms with E-state index < -0.39 is 6.03 Å². The number of nitrogens with two attached hydrogens (primary N) is 1.